The van der Waals surface area contributed by atoms with Crippen molar-refractivity contribution in [3.63, 3.8) is 0 Å². The van der Waals surface area contributed by atoms with Gasteiger partial charge in [-0.1, -0.05) is 115 Å². The van der Waals surface area contributed by atoms with E-state index in [4.69, 9.17) is 38.5 Å². The number of aromatic nitrogens is 6. The molecule has 3 aromatic heterocycles. The molecule has 6 fully saturated rings. The molecule has 6 aliphatic carbocycles. The zero-order valence-electron chi connectivity index (χ0n) is 74.4. The fourth-order valence-electron chi connectivity index (χ4n) is 24.3. The normalized spacial score (nSPS) is 23.4. The van der Waals surface area contributed by atoms with E-state index in [1.54, 1.807) is 0 Å². The lowest BCUT2D eigenvalue weighted by molar-refractivity contribution is -0.136. The predicted octanol–water partition coefficient (Wildman–Crippen LogP) is 17.6. The Kier molecular flexibility index (Phi) is 21.7. The van der Waals surface area contributed by atoms with Crippen LogP contribution in [-0.2, 0) is 87.3 Å². The fraction of sp³-hybridized carbons (Fsp3) is 0.530. The van der Waals surface area contributed by atoms with E-state index < -0.39 is 60.8 Å². The van der Waals surface area contributed by atoms with Crippen LogP contribution in [0.3, 0.4) is 0 Å². The van der Waals surface area contributed by atoms with E-state index in [1.165, 1.54) is 136 Å². The summed E-state index contributed by atoms with van der Waals surface area (Å²) in [5, 5.41) is 8.57. The molecule has 9 aromatic rings. The zero-order chi connectivity index (χ0) is 86.3. The lowest BCUT2D eigenvalue weighted by atomic mass is 9.73. The summed E-state index contributed by atoms with van der Waals surface area (Å²) in [4.78, 5) is 116. The minimum absolute atomic E-state index is 0.106. The van der Waals surface area contributed by atoms with Gasteiger partial charge in [0.15, 0.2) is 0 Å². The number of H-pyrrole nitrogens is 3. The SMILES string of the molecule is COC(=O)N[C@H](C(=O)N1CCC[C@H]1c1ncc(-c2ccc(-c3ccc(-c4ccc5nc([C@@H]6CCCN6C(=O)[C@@H](NC(=O)OC)C(C)C)[nH]c5c4)c4c3CCC43CCC(C4C[C@@H](c5nc6ccc(-c7ccc(-c8ccc(B9OC(C)(C)C(C)(C)O9)c9c8CCC9)c8c7C7(CCCC7)CC8)cc6[nH]5)N(C(=O)[C@@H](NC(=O)OC)C(C)C)C4)C3)c3c2CCC3)[nH]1)C(C)C. The topological polar surface area (TPSA) is 280 Å². The third-order valence-corrected chi connectivity index (χ3v) is 31.3. The summed E-state index contributed by atoms with van der Waals surface area (Å²) in [7, 11) is 3.57. The second-order valence-electron chi connectivity index (χ2n) is 39.7. The summed E-state index contributed by atoms with van der Waals surface area (Å²) in [6, 6.07) is 28.9. The predicted molar refractivity (Wildman–Crippen MR) is 480 cm³/mol. The van der Waals surface area contributed by atoms with E-state index in [1.807, 2.05) is 62.4 Å². The van der Waals surface area contributed by atoms with E-state index in [0.717, 1.165) is 166 Å². The van der Waals surface area contributed by atoms with Crippen LogP contribution in [0, 0.1) is 29.6 Å². The van der Waals surface area contributed by atoms with Crippen molar-refractivity contribution >= 4 is 70.6 Å². The van der Waals surface area contributed by atoms with Gasteiger partial charge in [-0.3, -0.25) is 14.4 Å². The van der Waals surface area contributed by atoms with Gasteiger partial charge < -0.3 is 69.1 Å². The number of imidazole rings is 3. The average Bonchev–Trinajstić information content (AvgIpc) is 1.56. The van der Waals surface area contributed by atoms with Gasteiger partial charge in [0.05, 0.1) is 84.6 Å². The third kappa shape index (κ3) is 14.3. The Morgan fingerprint density at radius 1 is 0.452 bits per heavy atom. The molecule has 650 valence electrons. The summed E-state index contributed by atoms with van der Waals surface area (Å²) in [6.07, 6.45) is 21.6. The molecule has 3 unspecified atom stereocenters. The second-order valence-corrected chi connectivity index (χ2v) is 39.7. The van der Waals surface area contributed by atoms with Crippen molar-refractivity contribution in [3.8, 4) is 55.8 Å². The first-order valence-electron chi connectivity index (χ1n) is 46.2. The lowest BCUT2D eigenvalue weighted by Crippen LogP contribution is -2.51. The number of methoxy groups -OCH3 is 3. The number of carbonyl (C=O) groups is 6. The van der Waals surface area contributed by atoms with Crippen LogP contribution in [0.15, 0.2) is 91.1 Å². The monoisotopic (exact) mass is 1680 g/mol. The van der Waals surface area contributed by atoms with Crippen molar-refractivity contribution in [2.45, 2.75) is 269 Å². The Morgan fingerprint density at radius 2 is 0.895 bits per heavy atom. The van der Waals surface area contributed by atoms with Crippen LogP contribution >= 0.6 is 0 Å². The van der Waals surface area contributed by atoms with Crippen LogP contribution in [0.4, 0.5) is 14.4 Å². The van der Waals surface area contributed by atoms with Crippen LogP contribution in [0.1, 0.15) is 252 Å². The first kappa shape index (κ1) is 83.2. The molecule has 7 heterocycles. The quantitative estimate of drug-likeness (QED) is 0.0324. The molecule has 23 nitrogen and oxygen atoms in total. The molecule has 10 aliphatic rings. The molecule has 9 atom stereocenters. The van der Waals surface area contributed by atoms with Crippen molar-refractivity contribution < 1.29 is 52.3 Å². The number of hydrogen-bond donors (Lipinski definition) is 6. The molecule has 6 N–H and O–H groups in total. The Bertz CT molecular complexity index is 5740. The Hall–Kier alpha value is -10.3. The van der Waals surface area contributed by atoms with E-state index in [0.29, 0.717) is 26.1 Å². The maximum atomic E-state index is 15.8. The molecule has 124 heavy (non-hydrogen) atoms. The number of hydrogen-bond acceptors (Lipinski definition) is 14. The molecule has 24 heteroatoms. The molecule has 0 radical (unpaired) electrons. The summed E-state index contributed by atoms with van der Waals surface area (Å²) < 4.78 is 28.5. The highest BCUT2D eigenvalue weighted by Crippen LogP contribution is 2.61. The number of ether oxygens (including phenoxy) is 3. The van der Waals surface area contributed by atoms with Crippen molar-refractivity contribution in [1.82, 2.24) is 60.6 Å². The summed E-state index contributed by atoms with van der Waals surface area (Å²) in [5.41, 5.74) is 27.1. The van der Waals surface area contributed by atoms with E-state index in [2.05, 4.69) is 144 Å². The van der Waals surface area contributed by atoms with Gasteiger partial charge in [0.25, 0.3) is 0 Å². The maximum absolute atomic E-state index is 15.8. The van der Waals surface area contributed by atoms with Crippen LogP contribution in [0.25, 0.3) is 77.8 Å². The Morgan fingerprint density at radius 3 is 1.42 bits per heavy atom. The number of rotatable bonds is 19. The van der Waals surface area contributed by atoms with Gasteiger partial charge in [-0.05, 0) is 315 Å². The van der Waals surface area contributed by atoms with Crippen LogP contribution in [0.5, 0.6) is 0 Å². The maximum Gasteiger partial charge on any atom is 0.495 e. The van der Waals surface area contributed by atoms with Gasteiger partial charge in [-0.15, -0.1) is 0 Å². The molecular formula is C100H121BN12O11. The number of fused-ring (bicyclic) bond motifs is 8. The number of benzene rings is 6. The molecule has 2 saturated carbocycles. The Balaban J connectivity index is 0.662. The zero-order valence-corrected chi connectivity index (χ0v) is 74.4. The highest BCUT2D eigenvalue weighted by Gasteiger charge is 2.55. The van der Waals surface area contributed by atoms with Crippen molar-refractivity contribution in [3.05, 3.63) is 153 Å². The molecule has 6 amide bonds. The molecule has 6 aromatic carbocycles. The number of alkyl carbamates (subject to hydrolysis) is 3. The van der Waals surface area contributed by atoms with Crippen LogP contribution in [-0.4, -0.2) is 158 Å². The largest absolute Gasteiger partial charge is 0.495 e. The summed E-state index contributed by atoms with van der Waals surface area (Å²) in [5.74, 6) is 1.54. The average molecular weight is 1680 g/mol. The van der Waals surface area contributed by atoms with E-state index in [-0.39, 0.29) is 70.2 Å². The van der Waals surface area contributed by atoms with Crippen LogP contribution in [0.2, 0.25) is 0 Å². The first-order valence-corrected chi connectivity index (χ1v) is 46.2. The lowest BCUT2D eigenvalue weighted by Gasteiger charge is -2.32. The fourth-order valence-corrected chi connectivity index (χ4v) is 24.3. The standard InChI is InChI=1S/C100H121BN12O11/c1-54(2)85(108-94(117)120-11)91(114)111-46-18-24-80(111)88-102-52-79(107-88)71-33-32-66(63-20-16-22-65(63)71)68-31-29-62(58-27-36-75-77(49-58)105-89(103-75)81-25-19-47-112(81)92(115)86(55(3)4)109-95(118)121-12)84-73(68)40-45-100(84)43-38-59(51-100)60-50-82(113(53-60)93(116)87(56(5)6)110-96(119)122-13)90-104-76-37-26-57(48-78(76)106-90)61-28-30-69(72-39-44-99(83(61)72)41-14-15-42-99)67-34-35-74(70-23-17-21-64(67)70)101-123-97(7,8)98(9,10)124-101/h26-37,48-49,52,54-56,59-60,80-82,85-87H,14-25,38-47,50-51,53H2,1-13H3,(H,102,107)(H,103,105)(H,104,106)(H,108,117)(H,109,118)(H,110,119)/t59?,60?,80-,81-,82-,85-,86-,87-,100?/m0/s1. The highest BCUT2D eigenvalue weighted by molar-refractivity contribution is 6.62. The molecular weight excluding hydrogens is 1560 g/mol. The van der Waals surface area contributed by atoms with Gasteiger partial charge in [0, 0.05) is 25.2 Å². The van der Waals surface area contributed by atoms with Crippen LogP contribution < -0.4 is 21.4 Å². The Labute approximate surface area is 727 Å². The first-order chi connectivity index (χ1) is 59.7. The molecule has 0 bridgehead atoms. The second kappa shape index (κ2) is 32.3. The van der Waals surface area contributed by atoms with Crippen molar-refractivity contribution in [2.75, 3.05) is 41.0 Å². The molecule has 2 spiro atoms. The van der Waals surface area contributed by atoms with Gasteiger partial charge in [-0.25, -0.2) is 29.3 Å². The summed E-state index contributed by atoms with van der Waals surface area (Å²) in [6.45, 7) is 21.8. The summed E-state index contributed by atoms with van der Waals surface area (Å²) >= 11 is 0. The third-order valence-electron chi connectivity index (χ3n) is 31.3. The minimum Gasteiger partial charge on any atom is -0.453 e. The van der Waals surface area contributed by atoms with Crippen molar-refractivity contribution in [1.29, 1.82) is 0 Å². The molecule has 4 saturated heterocycles. The van der Waals surface area contributed by atoms with Gasteiger partial charge in [0.1, 0.15) is 35.6 Å². The number of likely N-dealkylation sites (tertiary alicyclic amines) is 3. The minimum atomic E-state index is -0.839. The number of nitrogens with one attached hydrogen (secondary N) is 6. The van der Waals surface area contributed by atoms with Gasteiger partial charge in [0.2, 0.25) is 17.7 Å². The number of aromatic amines is 3. The van der Waals surface area contributed by atoms with Crippen molar-refractivity contribution in [2.24, 2.45) is 29.6 Å². The van der Waals surface area contributed by atoms with E-state index in [9.17, 15) is 24.0 Å². The highest BCUT2D eigenvalue weighted by atomic mass is 16.7. The van der Waals surface area contributed by atoms with E-state index >= 15 is 4.79 Å². The smallest absolute Gasteiger partial charge is 0.453 e. The number of carbonyl (C=O) groups excluding carboxylic acids is 6. The van der Waals surface area contributed by atoms with Gasteiger partial charge in [-0.2, -0.15) is 0 Å². The number of nitrogens with zero attached hydrogens (tertiary/aromatic N) is 6. The van der Waals surface area contributed by atoms with Gasteiger partial charge >= 0.3 is 25.4 Å². The number of amides is 6. The molecule has 19 rings (SSSR count). The molecule has 4 aliphatic heterocycles.